The predicted molar refractivity (Wildman–Crippen MR) is 91.3 cm³/mol. The molecule has 0 amide bonds. The van der Waals surface area contributed by atoms with Gasteiger partial charge in [0.15, 0.2) is 0 Å². The van der Waals surface area contributed by atoms with Crippen molar-refractivity contribution < 1.29 is 0 Å². The standard InChI is InChI=1S/C17H20BrNS/c1-17(2,3)13-5-8-15(9-6-13)20-16-10-14(18)7-4-12(16)11-19/h4-10H,11,19H2,1-3H3. The van der Waals surface area contributed by atoms with Crippen molar-refractivity contribution in [1.82, 2.24) is 0 Å². The van der Waals surface area contributed by atoms with Crippen LogP contribution in [0.25, 0.3) is 0 Å². The summed E-state index contributed by atoms with van der Waals surface area (Å²) < 4.78 is 1.09. The van der Waals surface area contributed by atoms with Crippen molar-refractivity contribution in [2.45, 2.75) is 42.5 Å². The van der Waals surface area contributed by atoms with Gasteiger partial charge in [-0.1, -0.05) is 66.7 Å². The average molecular weight is 350 g/mol. The average Bonchev–Trinajstić information content (AvgIpc) is 2.38. The molecule has 0 aliphatic carbocycles. The lowest BCUT2D eigenvalue weighted by atomic mass is 9.87. The molecular weight excluding hydrogens is 330 g/mol. The summed E-state index contributed by atoms with van der Waals surface area (Å²) in [4.78, 5) is 2.45. The van der Waals surface area contributed by atoms with Crippen molar-refractivity contribution in [2.24, 2.45) is 5.73 Å². The van der Waals surface area contributed by atoms with E-state index in [-0.39, 0.29) is 5.41 Å². The summed E-state index contributed by atoms with van der Waals surface area (Å²) in [6, 6.07) is 15.0. The van der Waals surface area contributed by atoms with Gasteiger partial charge in [-0.2, -0.15) is 0 Å². The Hall–Kier alpha value is -0.770. The van der Waals surface area contributed by atoms with E-state index in [1.165, 1.54) is 20.9 Å². The van der Waals surface area contributed by atoms with Gasteiger partial charge in [-0.05, 0) is 40.8 Å². The smallest absolute Gasteiger partial charge is 0.0189 e. The lowest BCUT2D eigenvalue weighted by molar-refractivity contribution is 0.590. The molecule has 0 bridgehead atoms. The summed E-state index contributed by atoms with van der Waals surface area (Å²) in [5.41, 5.74) is 8.54. The van der Waals surface area contributed by atoms with E-state index >= 15 is 0 Å². The highest BCUT2D eigenvalue weighted by Crippen LogP contribution is 2.33. The summed E-state index contributed by atoms with van der Waals surface area (Å²) in [5.74, 6) is 0. The lowest BCUT2D eigenvalue weighted by Gasteiger charge is -2.19. The quantitative estimate of drug-likeness (QED) is 0.807. The molecule has 0 aliphatic heterocycles. The number of hydrogen-bond donors (Lipinski definition) is 1. The zero-order chi connectivity index (χ0) is 14.8. The van der Waals surface area contributed by atoms with Crippen molar-refractivity contribution in [2.75, 3.05) is 0 Å². The monoisotopic (exact) mass is 349 g/mol. The van der Waals surface area contributed by atoms with E-state index in [1.807, 2.05) is 6.07 Å². The van der Waals surface area contributed by atoms with Crippen LogP contribution in [0.2, 0.25) is 0 Å². The van der Waals surface area contributed by atoms with Crippen LogP contribution in [0.5, 0.6) is 0 Å². The van der Waals surface area contributed by atoms with E-state index in [9.17, 15) is 0 Å². The second-order valence-electron chi connectivity index (χ2n) is 5.83. The Bertz CT molecular complexity index is 585. The molecule has 20 heavy (non-hydrogen) atoms. The first-order valence-electron chi connectivity index (χ1n) is 6.67. The van der Waals surface area contributed by atoms with Crippen LogP contribution in [-0.2, 0) is 12.0 Å². The van der Waals surface area contributed by atoms with Crippen LogP contribution in [0.4, 0.5) is 0 Å². The molecule has 2 aromatic rings. The van der Waals surface area contributed by atoms with Crippen LogP contribution >= 0.6 is 27.7 Å². The fraction of sp³-hybridized carbons (Fsp3) is 0.294. The first kappa shape index (κ1) is 15.6. The van der Waals surface area contributed by atoms with Crippen LogP contribution in [0.15, 0.2) is 56.7 Å². The Morgan fingerprint density at radius 2 is 1.70 bits per heavy atom. The SMILES string of the molecule is CC(C)(C)c1ccc(Sc2cc(Br)ccc2CN)cc1. The van der Waals surface area contributed by atoms with Gasteiger partial charge in [-0.3, -0.25) is 0 Å². The normalized spacial score (nSPS) is 11.7. The Balaban J connectivity index is 2.24. The minimum Gasteiger partial charge on any atom is -0.326 e. The molecule has 0 saturated carbocycles. The molecule has 1 nitrogen and oxygen atoms in total. The third kappa shape index (κ3) is 3.87. The van der Waals surface area contributed by atoms with Crippen molar-refractivity contribution in [1.29, 1.82) is 0 Å². The molecule has 0 fully saturated rings. The molecule has 0 radical (unpaired) electrons. The first-order chi connectivity index (χ1) is 9.40. The summed E-state index contributed by atoms with van der Waals surface area (Å²) in [7, 11) is 0. The highest BCUT2D eigenvalue weighted by Gasteiger charge is 2.13. The van der Waals surface area contributed by atoms with E-state index in [4.69, 9.17) is 5.73 Å². The Morgan fingerprint density at radius 1 is 1.05 bits per heavy atom. The zero-order valence-corrected chi connectivity index (χ0v) is 14.5. The molecule has 0 heterocycles. The van der Waals surface area contributed by atoms with E-state index in [0.29, 0.717) is 6.54 Å². The van der Waals surface area contributed by atoms with Crippen LogP contribution < -0.4 is 5.73 Å². The topological polar surface area (TPSA) is 26.0 Å². The molecule has 106 valence electrons. The second-order valence-corrected chi connectivity index (χ2v) is 7.86. The molecule has 0 aliphatic rings. The van der Waals surface area contributed by atoms with Crippen molar-refractivity contribution in [3.8, 4) is 0 Å². The number of nitrogens with two attached hydrogens (primary N) is 1. The number of benzene rings is 2. The molecule has 0 atom stereocenters. The summed E-state index contributed by atoms with van der Waals surface area (Å²) in [6.07, 6.45) is 0. The first-order valence-corrected chi connectivity index (χ1v) is 8.28. The van der Waals surface area contributed by atoms with E-state index in [2.05, 4.69) is 73.1 Å². The third-order valence-electron chi connectivity index (χ3n) is 3.20. The van der Waals surface area contributed by atoms with Crippen LogP contribution in [0.1, 0.15) is 31.9 Å². The van der Waals surface area contributed by atoms with Crippen molar-refractivity contribution in [3.63, 3.8) is 0 Å². The van der Waals surface area contributed by atoms with Crippen LogP contribution in [-0.4, -0.2) is 0 Å². The van der Waals surface area contributed by atoms with Gasteiger partial charge >= 0.3 is 0 Å². The number of rotatable bonds is 3. The molecule has 2 N–H and O–H groups in total. The molecule has 0 unspecified atom stereocenters. The predicted octanol–water partition coefficient (Wildman–Crippen LogP) is 5.36. The van der Waals surface area contributed by atoms with Crippen LogP contribution in [0.3, 0.4) is 0 Å². The second kappa shape index (κ2) is 6.33. The maximum atomic E-state index is 5.81. The fourth-order valence-corrected chi connectivity index (χ4v) is 3.45. The Morgan fingerprint density at radius 3 is 2.25 bits per heavy atom. The maximum Gasteiger partial charge on any atom is 0.0189 e. The molecular formula is C17H20BrNS. The van der Waals surface area contributed by atoms with Crippen LogP contribution in [0, 0.1) is 0 Å². The van der Waals surface area contributed by atoms with E-state index in [1.54, 1.807) is 11.8 Å². The highest BCUT2D eigenvalue weighted by molar-refractivity contribution is 9.10. The van der Waals surface area contributed by atoms with Gasteiger partial charge in [0.1, 0.15) is 0 Å². The fourth-order valence-electron chi connectivity index (χ4n) is 1.94. The Kier molecular flexibility index (Phi) is 4.95. The molecule has 2 rings (SSSR count). The van der Waals surface area contributed by atoms with Gasteiger partial charge in [-0.15, -0.1) is 0 Å². The van der Waals surface area contributed by atoms with Crippen molar-refractivity contribution in [3.05, 3.63) is 58.1 Å². The van der Waals surface area contributed by atoms with Gasteiger partial charge in [0.05, 0.1) is 0 Å². The molecule has 0 spiro atoms. The molecule has 0 aromatic heterocycles. The van der Waals surface area contributed by atoms with Gasteiger partial charge in [0, 0.05) is 20.8 Å². The minimum absolute atomic E-state index is 0.196. The molecule has 3 heteroatoms. The van der Waals surface area contributed by atoms with Gasteiger partial charge in [0.2, 0.25) is 0 Å². The summed E-state index contributed by atoms with van der Waals surface area (Å²) >= 11 is 5.28. The number of hydrogen-bond acceptors (Lipinski definition) is 2. The van der Waals surface area contributed by atoms with Gasteiger partial charge in [0.25, 0.3) is 0 Å². The molecule has 2 aromatic carbocycles. The maximum absolute atomic E-state index is 5.81. The summed E-state index contributed by atoms with van der Waals surface area (Å²) in [5, 5.41) is 0. The Labute approximate surface area is 134 Å². The zero-order valence-electron chi connectivity index (χ0n) is 12.1. The largest absolute Gasteiger partial charge is 0.326 e. The van der Waals surface area contributed by atoms with Crippen molar-refractivity contribution >= 4 is 27.7 Å². The third-order valence-corrected chi connectivity index (χ3v) is 4.80. The lowest BCUT2D eigenvalue weighted by Crippen LogP contribution is -2.10. The highest BCUT2D eigenvalue weighted by atomic mass is 79.9. The van der Waals surface area contributed by atoms with E-state index < -0.39 is 0 Å². The minimum atomic E-state index is 0.196. The number of halogens is 1. The van der Waals surface area contributed by atoms with Gasteiger partial charge < -0.3 is 5.73 Å². The summed E-state index contributed by atoms with van der Waals surface area (Å²) in [6.45, 7) is 7.26. The van der Waals surface area contributed by atoms with Gasteiger partial charge in [-0.25, -0.2) is 0 Å². The molecule has 0 saturated heterocycles. The van der Waals surface area contributed by atoms with E-state index in [0.717, 1.165) is 4.47 Å².